The molecule has 1 aromatic carbocycles. The highest BCUT2D eigenvalue weighted by Gasteiger charge is 2.18. The molecule has 2 aromatic heterocycles. The molecule has 0 atom stereocenters. The van der Waals surface area contributed by atoms with Crippen molar-refractivity contribution in [1.82, 2.24) is 14.8 Å². The summed E-state index contributed by atoms with van der Waals surface area (Å²) in [5.41, 5.74) is 5.76. The zero-order chi connectivity index (χ0) is 18.5. The van der Waals surface area contributed by atoms with E-state index in [1.165, 1.54) is 35.1 Å². The predicted octanol–water partition coefficient (Wildman–Crippen LogP) is 1.89. The Kier molecular flexibility index (Phi) is 5.32. The molecule has 0 unspecified atom stereocenters. The number of rotatable bonds is 7. The van der Waals surface area contributed by atoms with E-state index in [-0.39, 0.29) is 24.0 Å². The second-order valence-corrected chi connectivity index (χ2v) is 6.12. The van der Waals surface area contributed by atoms with E-state index in [9.17, 15) is 14.0 Å². The van der Waals surface area contributed by atoms with Crippen LogP contribution in [0.3, 0.4) is 0 Å². The van der Waals surface area contributed by atoms with Gasteiger partial charge in [0.1, 0.15) is 12.4 Å². The third-order valence-corrected chi connectivity index (χ3v) is 4.20. The van der Waals surface area contributed by atoms with E-state index in [2.05, 4.69) is 15.5 Å². The van der Waals surface area contributed by atoms with Crippen LogP contribution >= 0.6 is 11.8 Å². The molecule has 0 aliphatic heterocycles. The van der Waals surface area contributed by atoms with Crippen molar-refractivity contribution >= 4 is 29.3 Å². The van der Waals surface area contributed by atoms with Gasteiger partial charge in [-0.3, -0.25) is 14.2 Å². The number of anilines is 1. The molecule has 2 amide bonds. The first-order valence-corrected chi connectivity index (χ1v) is 8.45. The van der Waals surface area contributed by atoms with Crippen molar-refractivity contribution < 1.29 is 18.4 Å². The van der Waals surface area contributed by atoms with E-state index < -0.39 is 5.91 Å². The Balaban J connectivity index is 1.70. The van der Waals surface area contributed by atoms with Crippen LogP contribution in [-0.2, 0) is 16.1 Å². The van der Waals surface area contributed by atoms with Crippen molar-refractivity contribution in [2.24, 2.45) is 5.73 Å². The molecule has 8 nitrogen and oxygen atoms in total. The van der Waals surface area contributed by atoms with Gasteiger partial charge in [0.05, 0.1) is 12.0 Å². The topological polar surface area (TPSA) is 116 Å². The largest absolute Gasteiger partial charge is 0.461 e. The smallest absolute Gasteiger partial charge is 0.237 e. The quantitative estimate of drug-likeness (QED) is 0.609. The summed E-state index contributed by atoms with van der Waals surface area (Å²) in [5, 5.41) is 11.0. The highest BCUT2D eigenvalue weighted by atomic mass is 32.2. The summed E-state index contributed by atoms with van der Waals surface area (Å²) in [4.78, 5) is 23.4. The number of primary amides is 1. The first-order valence-electron chi connectivity index (χ1n) is 7.46. The van der Waals surface area contributed by atoms with Crippen LogP contribution in [0.25, 0.3) is 11.6 Å². The number of amides is 2. The molecule has 3 N–H and O–H groups in total. The summed E-state index contributed by atoms with van der Waals surface area (Å²) in [7, 11) is 0. The molecule has 134 valence electrons. The van der Waals surface area contributed by atoms with E-state index in [1.54, 1.807) is 12.1 Å². The number of carbonyl (C=O) groups excluding carboxylic acids is 2. The molecule has 0 fully saturated rings. The SMILES string of the molecule is NC(=O)Cn1c(SCC(=O)Nc2ccc(F)cc2)nnc1-c1ccco1. The van der Waals surface area contributed by atoms with Gasteiger partial charge in [0, 0.05) is 5.69 Å². The lowest BCUT2D eigenvalue weighted by atomic mass is 10.3. The van der Waals surface area contributed by atoms with E-state index in [4.69, 9.17) is 10.2 Å². The van der Waals surface area contributed by atoms with Gasteiger partial charge in [-0.15, -0.1) is 10.2 Å². The Labute approximate surface area is 151 Å². The van der Waals surface area contributed by atoms with Crippen LogP contribution in [0.15, 0.2) is 52.2 Å². The van der Waals surface area contributed by atoms with Crippen molar-refractivity contribution in [2.45, 2.75) is 11.7 Å². The van der Waals surface area contributed by atoms with Gasteiger partial charge in [-0.25, -0.2) is 4.39 Å². The van der Waals surface area contributed by atoms with Crippen molar-refractivity contribution in [3.8, 4) is 11.6 Å². The number of furan rings is 1. The molecule has 3 aromatic rings. The highest BCUT2D eigenvalue weighted by Crippen LogP contribution is 2.24. The molecule has 3 rings (SSSR count). The third-order valence-electron chi connectivity index (χ3n) is 3.23. The zero-order valence-electron chi connectivity index (χ0n) is 13.4. The van der Waals surface area contributed by atoms with Gasteiger partial charge in [0.15, 0.2) is 10.9 Å². The van der Waals surface area contributed by atoms with Gasteiger partial charge in [-0.1, -0.05) is 11.8 Å². The molecule has 0 bridgehead atoms. The number of carbonyl (C=O) groups is 2. The van der Waals surface area contributed by atoms with Crippen LogP contribution in [0.4, 0.5) is 10.1 Å². The fourth-order valence-electron chi connectivity index (χ4n) is 2.14. The number of nitrogens with two attached hydrogens (primary N) is 1. The van der Waals surface area contributed by atoms with E-state index in [0.717, 1.165) is 11.8 Å². The first kappa shape index (κ1) is 17.7. The number of aromatic nitrogens is 3. The lowest BCUT2D eigenvalue weighted by molar-refractivity contribution is -0.118. The summed E-state index contributed by atoms with van der Waals surface area (Å²) in [6.07, 6.45) is 1.47. The average Bonchev–Trinajstić information content (AvgIpc) is 3.24. The number of nitrogens with one attached hydrogen (secondary N) is 1. The van der Waals surface area contributed by atoms with Gasteiger partial charge in [0.25, 0.3) is 0 Å². The first-order chi connectivity index (χ1) is 12.5. The van der Waals surface area contributed by atoms with Gasteiger partial charge in [0.2, 0.25) is 17.6 Å². The number of halogens is 1. The highest BCUT2D eigenvalue weighted by molar-refractivity contribution is 7.99. The maximum absolute atomic E-state index is 12.9. The molecule has 26 heavy (non-hydrogen) atoms. The molecule has 0 saturated heterocycles. The van der Waals surface area contributed by atoms with Crippen molar-refractivity contribution in [2.75, 3.05) is 11.1 Å². The van der Waals surface area contributed by atoms with Crippen molar-refractivity contribution in [3.63, 3.8) is 0 Å². The van der Waals surface area contributed by atoms with Crippen molar-refractivity contribution in [3.05, 3.63) is 48.5 Å². The van der Waals surface area contributed by atoms with E-state index >= 15 is 0 Å². The van der Waals surface area contributed by atoms with Crippen LogP contribution in [0, 0.1) is 5.82 Å². The van der Waals surface area contributed by atoms with Crippen LogP contribution < -0.4 is 11.1 Å². The maximum atomic E-state index is 12.9. The van der Waals surface area contributed by atoms with Crippen LogP contribution in [0.1, 0.15) is 0 Å². The number of hydrogen-bond donors (Lipinski definition) is 2. The molecular formula is C16H14FN5O3S. The van der Waals surface area contributed by atoms with Gasteiger partial charge >= 0.3 is 0 Å². The summed E-state index contributed by atoms with van der Waals surface area (Å²) in [6, 6.07) is 8.79. The fraction of sp³-hybridized carbons (Fsp3) is 0.125. The Bertz CT molecular complexity index is 909. The second kappa shape index (κ2) is 7.83. The molecule has 0 saturated carbocycles. The summed E-state index contributed by atoms with van der Waals surface area (Å²) in [6.45, 7) is -0.148. The van der Waals surface area contributed by atoms with Gasteiger partial charge in [-0.05, 0) is 36.4 Å². The standard InChI is InChI=1S/C16H14FN5O3S/c17-10-3-5-11(6-4-10)19-14(24)9-26-16-21-20-15(12-2-1-7-25-12)22(16)8-13(18)23/h1-7H,8-9H2,(H2,18,23)(H,19,24). The van der Waals surface area contributed by atoms with E-state index in [0.29, 0.717) is 22.4 Å². The zero-order valence-corrected chi connectivity index (χ0v) is 14.2. The average molecular weight is 375 g/mol. The van der Waals surface area contributed by atoms with Crippen molar-refractivity contribution in [1.29, 1.82) is 0 Å². The van der Waals surface area contributed by atoms with Gasteiger partial charge < -0.3 is 15.5 Å². The molecule has 0 aliphatic carbocycles. The molecule has 10 heteroatoms. The Morgan fingerprint density at radius 3 is 2.65 bits per heavy atom. The lowest BCUT2D eigenvalue weighted by Crippen LogP contribution is -2.20. The molecule has 0 radical (unpaired) electrons. The minimum absolute atomic E-state index is 0.0203. The maximum Gasteiger partial charge on any atom is 0.237 e. The molecule has 0 aliphatic rings. The third kappa shape index (κ3) is 4.28. The fourth-order valence-corrected chi connectivity index (χ4v) is 2.88. The molecular weight excluding hydrogens is 361 g/mol. The minimum atomic E-state index is -0.574. The Hall–Kier alpha value is -3.14. The van der Waals surface area contributed by atoms with E-state index in [1.807, 2.05) is 0 Å². The lowest BCUT2D eigenvalue weighted by Gasteiger charge is -2.07. The van der Waals surface area contributed by atoms with Crippen LogP contribution in [0.5, 0.6) is 0 Å². The van der Waals surface area contributed by atoms with Crippen LogP contribution in [-0.4, -0.2) is 32.3 Å². The summed E-state index contributed by atoms with van der Waals surface area (Å²) < 4.78 is 19.6. The number of nitrogens with zero attached hydrogens (tertiary/aromatic N) is 3. The number of benzene rings is 1. The molecule has 2 heterocycles. The predicted molar refractivity (Wildman–Crippen MR) is 92.7 cm³/mol. The summed E-state index contributed by atoms with van der Waals surface area (Å²) >= 11 is 1.09. The monoisotopic (exact) mass is 375 g/mol. The molecule has 0 spiro atoms. The normalized spacial score (nSPS) is 10.7. The minimum Gasteiger partial charge on any atom is -0.461 e. The van der Waals surface area contributed by atoms with Crippen LogP contribution in [0.2, 0.25) is 0 Å². The number of thioether (sulfide) groups is 1. The second-order valence-electron chi connectivity index (χ2n) is 5.18. The Morgan fingerprint density at radius 2 is 2.00 bits per heavy atom. The van der Waals surface area contributed by atoms with Gasteiger partial charge in [-0.2, -0.15) is 0 Å². The number of hydrogen-bond acceptors (Lipinski definition) is 6. The summed E-state index contributed by atoms with van der Waals surface area (Å²) in [5.74, 6) is -0.476. The Morgan fingerprint density at radius 1 is 1.23 bits per heavy atom.